The molecule has 7 nitrogen and oxygen atoms in total. The first-order valence-corrected chi connectivity index (χ1v) is 13.5. The van der Waals surface area contributed by atoms with E-state index in [-0.39, 0.29) is 11.8 Å². The Hall–Kier alpha value is -2.55. The van der Waals surface area contributed by atoms with Gasteiger partial charge in [-0.05, 0) is 31.5 Å². The molecule has 0 aliphatic carbocycles. The monoisotopic (exact) mass is 492 g/mol. The van der Waals surface area contributed by atoms with Gasteiger partial charge in [-0.3, -0.25) is 4.79 Å². The molecule has 2 aliphatic rings. The van der Waals surface area contributed by atoms with Crippen molar-refractivity contribution >= 4 is 33.3 Å². The van der Waals surface area contributed by atoms with Crippen LogP contribution in [-0.2, 0) is 17.8 Å². The van der Waals surface area contributed by atoms with Crippen LogP contribution in [0.4, 0.5) is 5.82 Å². The van der Waals surface area contributed by atoms with E-state index in [1.54, 1.807) is 17.7 Å². The number of aryl methyl sites for hydroxylation is 1. The molecule has 1 fully saturated rings. The molecular weight excluding hydrogens is 456 g/mol. The van der Waals surface area contributed by atoms with Gasteiger partial charge in [-0.1, -0.05) is 43.7 Å². The highest BCUT2D eigenvalue weighted by atomic mass is 32.1. The van der Waals surface area contributed by atoms with E-state index in [1.165, 1.54) is 21.4 Å². The molecule has 3 aromatic rings. The van der Waals surface area contributed by atoms with E-state index >= 15 is 0 Å². The average molecular weight is 493 g/mol. The van der Waals surface area contributed by atoms with Crippen LogP contribution in [0.2, 0.25) is 0 Å². The lowest BCUT2D eigenvalue weighted by Gasteiger charge is -2.37. The molecule has 5 rings (SSSR count). The van der Waals surface area contributed by atoms with E-state index in [4.69, 9.17) is 4.98 Å². The maximum absolute atomic E-state index is 13.7. The summed E-state index contributed by atoms with van der Waals surface area (Å²) in [6.45, 7) is 12.1. The summed E-state index contributed by atoms with van der Waals surface area (Å²) >= 11 is 1.81. The number of likely N-dealkylation sites (N-methyl/N-ethyl adjacent to an activating group) is 1. The summed E-state index contributed by atoms with van der Waals surface area (Å²) in [5.41, 5.74) is 3.73. The molecule has 0 radical (unpaired) electrons. The van der Waals surface area contributed by atoms with Gasteiger partial charge >= 0.3 is 0 Å². The Morgan fingerprint density at radius 1 is 1.09 bits per heavy atom. The zero-order valence-corrected chi connectivity index (χ0v) is 22.1. The minimum absolute atomic E-state index is 0.170. The van der Waals surface area contributed by atoms with Gasteiger partial charge < -0.3 is 20.0 Å². The molecule has 186 valence electrons. The zero-order valence-electron chi connectivity index (χ0n) is 21.3. The second-order valence-electron chi connectivity index (χ2n) is 10.2. The van der Waals surface area contributed by atoms with Crippen molar-refractivity contribution in [1.29, 1.82) is 0 Å². The number of anilines is 1. The minimum Gasteiger partial charge on any atom is -0.352 e. The molecule has 1 saturated heterocycles. The lowest BCUT2D eigenvalue weighted by atomic mass is 9.95. The smallest absolute Gasteiger partial charge is 0.231 e. The summed E-state index contributed by atoms with van der Waals surface area (Å²) in [4.78, 5) is 32.3. The molecule has 8 heteroatoms. The average Bonchev–Trinajstić information content (AvgIpc) is 3.22. The van der Waals surface area contributed by atoms with Crippen molar-refractivity contribution < 1.29 is 4.79 Å². The Balaban J connectivity index is 1.33. The standard InChI is InChI=1S/C27H36N6OS/c1-18(2)28-15-22(20-7-5-19(3)6-8-20)27(34)33-13-11-32(12-14-33)25-24-21-9-10-31(4)16-23(21)35-26(24)30-17-29-25/h5-8,17-18,22,28H,9-16H2,1-4H3. The summed E-state index contributed by atoms with van der Waals surface area (Å²) in [5.74, 6) is 1.09. The Kier molecular flexibility index (Phi) is 7.05. The maximum Gasteiger partial charge on any atom is 0.231 e. The fraction of sp³-hybridized carbons (Fsp3) is 0.519. The number of carbonyl (C=O) groups is 1. The number of hydrogen-bond donors (Lipinski definition) is 1. The van der Waals surface area contributed by atoms with Crippen molar-refractivity contribution in [2.75, 3.05) is 51.2 Å². The summed E-state index contributed by atoms with van der Waals surface area (Å²) in [5, 5.41) is 4.72. The Labute approximate surface area is 212 Å². The highest BCUT2D eigenvalue weighted by Gasteiger charge is 2.31. The molecule has 0 spiro atoms. The van der Waals surface area contributed by atoms with Gasteiger partial charge in [-0.2, -0.15) is 0 Å². The van der Waals surface area contributed by atoms with Gasteiger partial charge in [0.1, 0.15) is 17.0 Å². The van der Waals surface area contributed by atoms with Gasteiger partial charge in [0, 0.05) is 56.7 Å². The SMILES string of the molecule is Cc1ccc(C(CNC(C)C)C(=O)N2CCN(c3ncnc4sc5c(c34)CCN(C)C5)CC2)cc1. The molecule has 35 heavy (non-hydrogen) atoms. The Bertz CT molecular complexity index is 1180. The van der Waals surface area contributed by atoms with E-state index in [2.05, 4.69) is 72.2 Å². The van der Waals surface area contributed by atoms with E-state index < -0.39 is 0 Å². The first-order valence-electron chi connectivity index (χ1n) is 12.7. The molecule has 1 unspecified atom stereocenters. The summed E-state index contributed by atoms with van der Waals surface area (Å²) in [6.07, 6.45) is 2.75. The van der Waals surface area contributed by atoms with E-state index in [0.717, 1.165) is 48.8 Å². The quantitative estimate of drug-likeness (QED) is 0.569. The third-order valence-corrected chi connectivity index (χ3v) is 8.33. The molecule has 2 aromatic heterocycles. The van der Waals surface area contributed by atoms with Crippen LogP contribution in [0.15, 0.2) is 30.6 Å². The van der Waals surface area contributed by atoms with Gasteiger partial charge in [-0.15, -0.1) is 11.3 Å². The molecule has 0 saturated carbocycles. The third kappa shape index (κ3) is 5.06. The second kappa shape index (κ2) is 10.2. The van der Waals surface area contributed by atoms with Gasteiger partial charge in [0.15, 0.2) is 0 Å². The number of hydrogen-bond acceptors (Lipinski definition) is 7. The third-order valence-electron chi connectivity index (χ3n) is 7.21. The number of carbonyl (C=O) groups excluding carboxylic acids is 1. The first-order chi connectivity index (χ1) is 16.9. The number of nitrogens with zero attached hydrogens (tertiary/aromatic N) is 5. The van der Waals surface area contributed by atoms with Crippen LogP contribution >= 0.6 is 11.3 Å². The van der Waals surface area contributed by atoms with Crippen LogP contribution in [0.5, 0.6) is 0 Å². The number of piperazine rings is 1. The number of benzene rings is 1. The van der Waals surface area contributed by atoms with Crippen LogP contribution in [0.3, 0.4) is 0 Å². The lowest BCUT2D eigenvalue weighted by Crippen LogP contribution is -2.51. The van der Waals surface area contributed by atoms with Crippen molar-refractivity contribution in [3.8, 4) is 0 Å². The summed E-state index contributed by atoms with van der Waals surface area (Å²) < 4.78 is 0. The van der Waals surface area contributed by atoms with E-state index in [0.29, 0.717) is 25.7 Å². The molecule has 0 bridgehead atoms. The molecule has 1 aromatic carbocycles. The maximum atomic E-state index is 13.7. The number of nitrogens with one attached hydrogen (secondary N) is 1. The van der Waals surface area contributed by atoms with Crippen LogP contribution in [0.1, 0.15) is 41.3 Å². The molecule has 1 N–H and O–H groups in total. The van der Waals surface area contributed by atoms with Crippen LogP contribution in [0, 0.1) is 6.92 Å². The lowest BCUT2D eigenvalue weighted by molar-refractivity contribution is -0.133. The van der Waals surface area contributed by atoms with Crippen molar-refractivity contribution in [3.05, 3.63) is 52.2 Å². The number of fused-ring (bicyclic) bond motifs is 3. The molecule has 4 heterocycles. The number of thiophene rings is 1. The fourth-order valence-corrected chi connectivity index (χ4v) is 6.40. The van der Waals surface area contributed by atoms with Crippen LogP contribution < -0.4 is 10.2 Å². The van der Waals surface area contributed by atoms with Gasteiger partial charge in [0.2, 0.25) is 5.91 Å². The van der Waals surface area contributed by atoms with Crippen LogP contribution in [-0.4, -0.2) is 78.0 Å². The molecule has 1 amide bonds. The predicted molar refractivity (Wildman–Crippen MR) is 143 cm³/mol. The highest BCUT2D eigenvalue weighted by Crippen LogP contribution is 2.38. The number of rotatable bonds is 6. The first kappa shape index (κ1) is 24.2. The van der Waals surface area contributed by atoms with Gasteiger partial charge in [0.25, 0.3) is 0 Å². The van der Waals surface area contributed by atoms with Crippen molar-refractivity contribution in [2.45, 2.75) is 45.7 Å². The van der Waals surface area contributed by atoms with E-state index in [1.807, 2.05) is 4.90 Å². The van der Waals surface area contributed by atoms with Crippen molar-refractivity contribution in [3.63, 3.8) is 0 Å². The topological polar surface area (TPSA) is 64.6 Å². The number of amides is 1. The largest absolute Gasteiger partial charge is 0.352 e. The molecule has 1 atom stereocenters. The normalized spacial score (nSPS) is 17.7. The molecule has 2 aliphatic heterocycles. The predicted octanol–water partition coefficient (Wildman–Crippen LogP) is 3.42. The van der Waals surface area contributed by atoms with Crippen molar-refractivity contribution in [2.24, 2.45) is 0 Å². The highest BCUT2D eigenvalue weighted by molar-refractivity contribution is 7.19. The second-order valence-corrected chi connectivity index (χ2v) is 11.3. The van der Waals surface area contributed by atoms with Crippen molar-refractivity contribution in [1.82, 2.24) is 25.1 Å². The van der Waals surface area contributed by atoms with Crippen LogP contribution in [0.25, 0.3) is 10.2 Å². The van der Waals surface area contributed by atoms with Gasteiger partial charge in [0.05, 0.1) is 11.3 Å². The summed E-state index contributed by atoms with van der Waals surface area (Å²) in [7, 11) is 2.18. The minimum atomic E-state index is -0.170. The Morgan fingerprint density at radius 3 is 2.54 bits per heavy atom. The summed E-state index contributed by atoms with van der Waals surface area (Å²) in [6, 6.07) is 8.74. The molecular formula is C27H36N6OS. The Morgan fingerprint density at radius 2 is 1.83 bits per heavy atom. The van der Waals surface area contributed by atoms with Gasteiger partial charge in [-0.25, -0.2) is 9.97 Å². The zero-order chi connectivity index (χ0) is 24.5. The fourth-order valence-electron chi connectivity index (χ4n) is 5.14. The number of aromatic nitrogens is 2. The van der Waals surface area contributed by atoms with E-state index in [9.17, 15) is 4.79 Å².